The molecule has 6 nitrogen and oxygen atoms in total. The second-order valence-corrected chi connectivity index (χ2v) is 8.50. The number of hydrogen-bond acceptors (Lipinski definition) is 6. The summed E-state index contributed by atoms with van der Waals surface area (Å²) in [5, 5.41) is 8.22. The number of rotatable bonds is 5. The maximum atomic E-state index is 12.5. The van der Waals surface area contributed by atoms with Crippen LogP contribution in [0.2, 0.25) is 0 Å². The lowest BCUT2D eigenvalue weighted by Gasteiger charge is -2.23. The van der Waals surface area contributed by atoms with Gasteiger partial charge in [0.1, 0.15) is 0 Å². The topological polar surface area (TPSA) is 74.3 Å². The average molecular weight is 413 g/mol. The zero-order valence-corrected chi connectivity index (χ0v) is 17.0. The van der Waals surface area contributed by atoms with E-state index in [1.807, 2.05) is 11.4 Å². The number of carbonyl (C=O) groups is 2. The number of thiazole rings is 1. The molecule has 1 aliphatic heterocycles. The molecule has 8 heteroatoms. The van der Waals surface area contributed by atoms with Gasteiger partial charge in [-0.15, -0.1) is 22.7 Å². The third-order valence-corrected chi connectivity index (χ3v) is 6.49. The minimum absolute atomic E-state index is 0.151. The van der Waals surface area contributed by atoms with Crippen LogP contribution in [-0.2, 0) is 13.0 Å². The zero-order chi connectivity index (χ0) is 19.5. The summed E-state index contributed by atoms with van der Waals surface area (Å²) in [4.78, 5) is 33.4. The summed E-state index contributed by atoms with van der Waals surface area (Å²) in [5.74, 6) is -0.351. The van der Waals surface area contributed by atoms with Gasteiger partial charge < -0.3 is 5.32 Å². The second-order valence-electron chi connectivity index (χ2n) is 6.47. The molecule has 3 heterocycles. The highest BCUT2D eigenvalue weighted by Gasteiger charge is 2.20. The number of fused-ring (bicyclic) bond motifs is 1. The van der Waals surface area contributed by atoms with Crippen LogP contribution in [0.5, 0.6) is 0 Å². The Morgan fingerprint density at radius 1 is 1.14 bits per heavy atom. The van der Waals surface area contributed by atoms with Crippen molar-refractivity contribution in [3.8, 4) is 0 Å². The van der Waals surface area contributed by atoms with Crippen molar-refractivity contribution in [2.24, 2.45) is 0 Å². The van der Waals surface area contributed by atoms with Crippen LogP contribution in [0.3, 0.4) is 0 Å². The molecule has 4 rings (SSSR count). The van der Waals surface area contributed by atoms with Gasteiger partial charge in [0, 0.05) is 35.6 Å². The molecule has 1 aromatic carbocycles. The Hall–Kier alpha value is -2.55. The van der Waals surface area contributed by atoms with E-state index in [1.54, 1.807) is 41.7 Å². The smallest absolute Gasteiger partial charge is 0.265 e. The number of anilines is 2. The van der Waals surface area contributed by atoms with Crippen molar-refractivity contribution in [2.75, 3.05) is 23.7 Å². The molecule has 0 spiro atoms. The molecule has 0 bridgehead atoms. The number of aromatic nitrogens is 1. The highest BCUT2D eigenvalue weighted by molar-refractivity contribution is 7.15. The molecule has 3 aromatic rings. The molecule has 0 fully saturated rings. The molecule has 0 radical (unpaired) electrons. The van der Waals surface area contributed by atoms with Crippen molar-refractivity contribution in [2.45, 2.75) is 19.9 Å². The molecule has 0 saturated heterocycles. The number of nitrogens with zero attached hydrogens (tertiary/aromatic N) is 2. The minimum atomic E-state index is -0.199. The molecule has 2 N–H and O–H groups in total. The van der Waals surface area contributed by atoms with Crippen LogP contribution < -0.4 is 10.6 Å². The Morgan fingerprint density at radius 3 is 2.68 bits per heavy atom. The molecule has 2 aromatic heterocycles. The third-order valence-electron chi connectivity index (χ3n) is 4.63. The van der Waals surface area contributed by atoms with E-state index < -0.39 is 0 Å². The van der Waals surface area contributed by atoms with Crippen molar-refractivity contribution >= 4 is 45.3 Å². The summed E-state index contributed by atoms with van der Waals surface area (Å²) >= 11 is 2.93. The van der Waals surface area contributed by atoms with Crippen molar-refractivity contribution in [1.29, 1.82) is 0 Å². The number of benzene rings is 1. The first kappa shape index (κ1) is 18.8. The monoisotopic (exact) mass is 412 g/mol. The first-order valence-electron chi connectivity index (χ1n) is 9.09. The molecule has 0 aliphatic carbocycles. The SMILES string of the molecule is CCN1CCc2nc(NC(=O)c3ccc(NC(=O)c4cccs4)cc3)sc2C1. The molecule has 144 valence electrons. The Morgan fingerprint density at radius 2 is 1.96 bits per heavy atom. The summed E-state index contributed by atoms with van der Waals surface area (Å²) in [7, 11) is 0. The van der Waals surface area contributed by atoms with Crippen LogP contribution in [0.4, 0.5) is 10.8 Å². The van der Waals surface area contributed by atoms with Crippen LogP contribution in [0.25, 0.3) is 0 Å². The molecule has 2 amide bonds. The molecule has 0 saturated carbocycles. The van der Waals surface area contributed by atoms with Gasteiger partial charge in [0.05, 0.1) is 10.6 Å². The van der Waals surface area contributed by atoms with Crippen molar-refractivity contribution < 1.29 is 9.59 Å². The Labute approximate surface area is 171 Å². The summed E-state index contributed by atoms with van der Waals surface area (Å²) in [6, 6.07) is 10.5. The van der Waals surface area contributed by atoms with Gasteiger partial charge in [-0.2, -0.15) is 0 Å². The second kappa shape index (κ2) is 8.22. The van der Waals surface area contributed by atoms with E-state index in [1.165, 1.54) is 16.2 Å². The zero-order valence-electron chi connectivity index (χ0n) is 15.4. The maximum Gasteiger partial charge on any atom is 0.265 e. The molecule has 0 unspecified atom stereocenters. The molecule has 28 heavy (non-hydrogen) atoms. The Bertz CT molecular complexity index is 980. The fourth-order valence-electron chi connectivity index (χ4n) is 3.05. The molecule has 1 aliphatic rings. The lowest BCUT2D eigenvalue weighted by atomic mass is 10.2. The highest BCUT2D eigenvalue weighted by Crippen LogP contribution is 2.28. The van der Waals surface area contributed by atoms with E-state index >= 15 is 0 Å². The van der Waals surface area contributed by atoms with E-state index in [-0.39, 0.29) is 11.8 Å². The van der Waals surface area contributed by atoms with Gasteiger partial charge in [-0.25, -0.2) is 4.98 Å². The fourth-order valence-corrected chi connectivity index (χ4v) is 4.71. The van der Waals surface area contributed by atoms with Crippen LogP contribution in [-0.4, -0.2) is 34.8 Å². The van der Waals surface area contributed by atoms with Crippen LogP contribution in [0.1, 0.15) is 37.5 Å². The fraction of sp³-hybridized carbons (Fsp3) is 0.250. The minimum Gasteiger partial charge on any atom is -0.321 e. The first-order chi connectivity index (χ1) is 13.6. The molecule has 0 atom stereocenters. The largest absolute Gasteiger partial charge is 0.321 e. The van der Waals surface area contributed by atoms with E-state index in [0.717, 1.165) is 31.7 Å². The van der Waals surface area contributed by atoms with Crippen LogP contribution >= 0.6 is 22.7 Å². The van der Waals surface area contributed by atoms with E-state index in [0.29, 0.717) is 21.3 Å². The first-order valence-corrected chi connectivity index (χ1v) is 10.8. The van der Waals surface area contributed by atoms with Gasteiger partial charge in [0.2, 0.25) is 0 Å². The molecular formula is C20H20N4O2S2. The number of amides is 2. The summed E-state index contributed by atoms with van der Waals surface area (Å²) in [6.07, 6.45) is 0.925. The van der Waals surface area contributed by atoms with Gasteiger partial charge in [0.15, 0.2) is 5.13 Å². The Kier molecular flexibility index (Phi) is 5.52. The van der Waals surface area contributed by atoms with Gasteiger partial charge in [-0.3, -0.25) is 19.8 Å². The lowest BCUT2D eigenvalue weighted by molar-refractivity contribution is 0.102. The number of likely N-dealkylation sites (N-methyl/N-ethyl adjacent to an activating group) is 1. The third kappa shape index (κ3) is 4.14. The van der Waals surface area contributed by atoms with E-state index in [4.69, 9.17) is 0 Å². The quantitative estimate of drug-likeness (QED) is 0.662. The van der Waals surface area contributed by atoms with Crippen LogP contribution in [0.15, 0.2) is 41.8 Å². The van der Waals surface area contributed by atoms with E-state index in [9.17, 15) is 9.59 Å². The number of nitrogens with one attached hydrogen (secondary N) is 2. The Balaban J connectivity index is 1.39. The normalized spacial score (nSPS) is 13.8. The van der Waals surface area contributed by atoms with Gasteiger partial charge >= 0.3 is 0 Å². The lowest BCUT2D eigenvalue weighted by Crippen LogP contribution is -2.29. The summed E-state index contributed by atoms with van der Waals surface area (Å²) in [5.41, 5.74) is 2.27. The number of thiophene rings is 1. The van der Waals surface area contributed by atoms with Crippen LogP contribution in [0, 0.1) is 0 Å². The standard InChI is InChI=1S/C20H20N4O2S2/c1-2-24-10-9-15-17(12-24)28-20(22-15)23-18(25)13-5-7-14(8-6-13)21-19(26)16-4-3-11-27-16/h3-8,11H,2,9-10,12H2,1H3,(H,21,26)(H,22,23,25). The van der Waals surface area contributed by atoms with Crippen molar-refractivity contribution in [1.82, 2.24) is 9.88 Å². The van der Waals surface area contributed by atoms with Gasteiger partial charge in [0.25, 0.3) is 11.8 Å². The van der Waals surface area contributed by atoms with Gasteiger partial charge in [-0.1, -0.05) is 13.0 Å². The number of carbonyl (C=O) groups excluding carboxylic acids is 2. The van der Waals surface area contributed by atoms with Crippen molar-refractivity contribution in [3.63, 3.8) is 0 Å². The van der Waals surface area contributed by atoms with Crippen molar-refractivity contribution in [3.05, 3.63) is 62.8 Å². The molecular weight excluding hydrogens is 392 g/mol. The predicted molar refractivity (Wildman–Crippen MR) is 113 cm³/mol. The number of hydrogen-bond donors (Lipinski definition) is 2. The highest BCUT2D eigenvalue weighted by atomic mass is 32.1. The summed E-state index contributed by atoms with van der Waals surface area (Å²) < 4.78 is 0. The summed E-state index contributed by atoms with van der Waals surface area (Å²) in [6.45, 7) is 5.09. The average Bonchev–Trinajstić information content (AvgIpc) is 3.37. The van der Waals surface area contributed by atoms with E-state index in [2.05, 4.69) is 27.4 Å². The van der Waals surface area contributed by atoms with Gasteiger partial charge in [-0.05, 0) is 42.3 Å². The maximum absolute atomic E-state index is 12.5. The predicted octanol–water partition coefficient (Wildman–Crippen LogP) is 4.09.